The largest absolute Gasteiger partial charge is 0.457 e. The highest BCUT2D eigenvalue weighted by Crippen LogP contribution is 2.31. The predicted molar refractivity (Wildman–Crippen MR) is 86.0 cm³/mol. The maximum absolute atomic E-state index is 6.27. The highest BCUT2D eigenvalue weighted by molar-refractivity contribution is 6.31. The fourth-order valence-electron chi connectivity index (χ4n) is 2.15. The Labute approximate surface area is 130 Å². The molecule has 0 aliphatic carbocycles. The third kappa shape index (κ3) is 4.46. The van der Waals surface area contributed by atoms with Crippen molar-refractivity contribution < 1.29 is 9.47 Å². The first kappa shape index (κ1) is 15.8. The van der Waals surface area contributed by atoms with Gasteiger partial charge in [-0.1, -0.05) is 29.8 Å². The van der Waals surface area contributed by atoms with Gasteiger partial charge in [0.1, 0.15) is 11.5 Å². The van der Waals surface area contributed by atoms with E-state index in [0.29, 0.717) is 18.1 Å². The van der Waals surface area contributed by atoms with E-state index in [1.165, 1.54) is 0 Å². The summed E-state index contributed by atoms with van der Waals surface area (Å²) in [5, 5.41) is 0.679. The van der Waals surface area contributed by atoms with Crippen molar-refractivity contribution in [2.75, 3.05) is 7.11 Å². The molecule has 1 atom stereocenters. The second kappa shape index (κ2) is 7.46. The van der Waals surface area contributed by atoms with Gasteiger partial charge in [0.2, 0.25) is 0 Å². The zero-order valence-electron chi connectivity index (χ0n) is 12.3. The Morgan fingerprint density at radius 2 is 1.95 bits per heavy atom. The Morgan fingerprint density at radius 1 is 1.19 bits per heavy atom. The molecule has 0 saturated heterocycles. The van der Waals surface area contributed by atoms with E-state index in [1.807, 2.05) is 49.4 Å². The molecule has 0 spiro atoms. The maximum Gasteiger partial charge on any atom is 0.132 e. The summed E-state index contributed by atoms with van der Waals surface area (Å²) in [6.07, 6.45) is 0.673. The zero-order chi connectivity index (χ0) is 15.2. The maximum atomic E-state index is 6.27. The number of halogens is 1. The summed E-state index contributed by atoms with van der Waals surface area (Å²) in [6.45, 7) is 2.51. The highest BCUT2D eigenvalue weighted by Gasteiger charge is 2.11. The van der Waals surface area contributed by atoms with Gasteiger partial charge >= 0.3 is 0 Å². The Morgan fingerprint density at radius 3 is 2.67 bits per heavy atom. The fraction of sp³-hybridized carbons (Fsp3) is 0.294. The van der Waals surface area contributed by atoms with Crippen LogP contribution in [-0.4, -0.2) is 13.2 Å². The summed E-state index contributed by atoms with van der Waals surface area (Å²) in [7, 11) is 1.67. The van der Waals surface area contributed by atoms with Gasteiger partial charge in [-0.25, -0.2) is 0 Å². The molecular formula is C17H20ClNO2. The third-order valence-electron chi connectivity index (χ3n) is 3.04. The van der Waals surface area contributed by atoms with Crippen LogP contribution in [0.4, 0.5) is 0 Å². The summed E-state index contributed by atoms with van der Waals surface area (Å²) in [5.41, 5.74) is 7.89. The average Bonchev–Trinajstić information content (AvgIpc) is 2.43. The molecule has 21 heavy (non-hydrogen) atoms. The van der Waals surface area contributed by atoms with Crippen LogP contribution in [0, 0.1) is 0 Å². The molecule has 2 N–H and O–H groups in total. The molecule has 2 aromatic carbocycles. The minimum absolute atomic E-state index is 0.0204. The molecule has 0 aliphatic rings. The number of nitrogens with two attached hydrogens (primary N) is 1. The Hall–Kier alpha value is -1.55. The number of hydrogen-bond donors (Lipinski definition) is 1. The topological polar surface area (TPSA) is 44.5 Å². The highest BCUT2D eigenvalue weighted by atomic mass is 35.5. The SMILES string of the molecule is COCc1cccc(Oc2cccc(Cl)c2CC(C)N)c1. The van der Waals surface area contributed by atoms with E-state index >= 15 is 0 Å². The first-order valence-corrected chi connectivity index (χ1v) is 7.26. The first-order chi connectivity index (χ1) is 10.1. The van der Waals surface area contributed by atoms with Gasteiger partial charge in [0.25, 0.3) is 0 Å². The van der Waals surface area contributed by atoms with Crippen molar-refractivity contribution in [3.63, 3.8) is 0 Å². The first-order valence-electron chi connectivity index (χ1n) is 6.89. The van der Waals surface area contributed by atoms with Gasteiger partial charge in [0.05, 0.1) is 6.61 Å². The molecule has 0 aromatic heterocycles. The normalized spacial score (nSPS) is 12.2. The number of benzene rings is 2. The summed E-state index contributed by atoms with van der Waals surface area (Å²) >= 11 is 6.27. The molecule has 112 valence electrons. The number of rotatable bonds is 6. The van der Waals surface area contributed by atoms with E-state index in [1.54, 1.807) is 7.11 Å². The second-order valence-corrected chi connectivity index (χ2v) is 5.49. The summed E-state index contributed by atoms with van der Waals surface area (Å²) in [5.74, 6) is 1.51. The molecule has 0 amide bonds. The molecule has 0 aliphatic heterocycles. The van der Waals surface area contributed by atoms with E-state index in [9.17, 15) is 0 Å². The van der Waals surface area contributed by atoms with Crippen molar-refractivity contribution in [1.29, 1.82) is 0 Å². The molecule has 0 radical (unpaired) electrons. The molecule has 0 saturated carbocycles. The van der Waals surface area contributed by atoms with Crippen LogP contribution in [0.5, 0.6) is 11.5 Å². The van der Waals surface area contributed by atoms with E-state index in [2.05, 4.69) is 0 Å². The minimum Gasteiger partial charge on any atom is -0.457 e. The van der Waals surface area contributed by atoms with Gasteiger partial charge in [0, 0.05) is 23.7 Å². The van der Waals surface area contributed by atoms with Crippen LogP contribution >= 0.6 is 11.6 Å². The Bertz CT molecular complexity index is 599. The van der Waals surface area contributed by atoms with Crippen molar-refractivity contribution in [3.8, 4) is 11.5 Å². The number of methoxy groups -OCH3 is 1. The zero-order valence-corrected chi connectivity index (χ0v) is 13.1. The molecule has 2 aromatic rings. The fourth-order valence-corrected chi connectivity index (χ4v) is 2.39. The molecule has 4 heteroatoms. The Balaban J connectivity index is 2.26. The van der Waals surface area contributed by atoms with E-state index in [0.717, 1.165) is 22.6 Å². The number of hydrogen-bond acceptors (Lipinski definition) is 3. The van der Waals surface area contributed by atoms with Crippen LogP contribution in [-0.2, 0) is 17.8 Å². The van der Waals surface area contributed by atoms with Crippen molar-refractivity contribution in [3.05, 3.63) is 58.6 Å². The quantitative estimate of drug-likeness (QED) is 0.871. The van der Waals surface area contributed by atoms with Gasteiger partial charge in [-0.15, -0.1) is 0 Å². The van der Waals surface area contributed by atoms with Crippen LogP contribution in [0.3, 0.4) is 0 Å². The van der Waals surface area contributed by atoms with Crippen molar-refractivity contribution >= 4 is 11.6 Å². The molecule has 0 bridgehead atoms. The molecule has 3 nitrogen and oxygen atoms in total. The van der Waals surface area contributed by atoms with Crippen LogP contribution in [0.2, 0.25) is 5.02 Å². The molecule has 0 fully saturated rings. The summed E-state index contributed by atoms with van der Waals surface area (Å²) < 4.78 is 11.1. The average molecular weight is 306 g/mol. The second-order valence-electron chi connectivity index (χ2n) is 5.08. The monoisotopic (exact) mass is 305 g/mol. The van der Waals surface area contributed by atoms with Crippen molar-refractivity contribution in [1.82, 2.24) is 0 Å². The van der Waals surface area contributed by atoms with Crippen LogP contribution in [0.15, 0.2) is 42.5 Å². The Kier molecular flexibility index (Phi) is 5.62. The lowest BCUT2D eigenvalue weighted by atomic mass is 10.1. The van der Waals surface area contributed by atoms with Crippen molar-refractivity contribution in [2.45, 2.75) is 26.0 Å². The van der Waals surface area contributed by atoms with Crippen LogP contribution in [0.1, 0.15) is 18.1 Å². The lowest BCUT2D eigenvalue weighted by molar-refractivity contribution is 0.184. The molecule has 2 rings (SSSR count). The summed E-state index contributed by atoms with van der Waals surface area (Å²) in [6, 6.07) is 13.5. The van der Waals surface area contributed by atoms with Gasteiger partial charge in [-0.3, -0.25) is 0 Å². The minimum atomic E-state index is 0.0204. The molecule has 1 unspecified atom stereocenters. The van der Waals surface area contributed by atoms with E-state index < -0.39 is 0 Å². The smallest absolute Gasteiger partial charge is 0.132 e. The van der Waals surface area contributed by atoms with Gasteiger partial charge in [0.15, 0.2) is 0 Å². The lowest BCUT2D eigenvalue weighted by Crippen LogP contribution is -2.18. The number of ether oxygens (including phenoxy) is 2. The van der Waals surface area contributed by atoms with E-state index in [-0.39, 0.29) is 6.04 Å². The standard InChI is InChI=1S/C17H20ClNO2/c1-12(19)9-15-16(18)7-4-8-17(15)21-14-6-3-5-13(10-14)11-20-2/h3-8,10,12H,9,11,19H2,1-2H3. The van der Waals surface area contributed by atoms with Gasteiger partial charge < -0.3 is 15.2 Å². The van der Waals surface area contributed by atoms with Gasteiger partial charge in [-0.2, -0.15) is 0 Å². The summed E-state index contributed by atoms with van der Waals surface area (Å²) in [4.78, 5) is 0. The van der Waals surface area contributed by atoms with Gasteiger partial charge in [-0.05, 0) is 43.2 Å². The molecular weight excluding hydrogens is 286 g/mol. The third-order valence-corrected chi connectivity index (χ3v) is 3.39. The predicted octanol–water partition coefficient (Wildman–Crippen LogP) is 4.17. The van der Waals surface area contributed by atoms with Crippen LogP contribution in [0.25, 0.3) is 0 Å². The van der Waals surface area contributed by atoms with E-state index in [4.69, 9.17) is 26.8 Å². The lowest BCUT2D eigenvalue weighted by Gasteiger charge is -2.15. The van der Waals surface area contributed by atoms with Crippen LogP contribution < -0.4 is 10.5 Å². The molecule has 0 heterocycles. The van der Waals surface area contributed by atoms with Crippen molar-refractivity contribution in [2.24, 2.45) is 5.73 Å².